The Hall–Kier alpha value is -2.78. The van der Waals surface area contributed by atoms with Gasteiger partial charge in [0.2, 0.25) is 5.91 Å². The minimum absolute atomic E-state index is 0.132. The molecular formula is C16H10F7NO2. The molecule has 0 atom stereocenters. The van der Waals surface area contributed by atoms with Gasteiger partial charge in [-0.1, -0.05) is 12.1 Å². The molecule has 0 spiro atoms. The van der Waals surface area contributed by atoms with E-state index in [4.69, 9.17) is 10.5 Å². The van der Waals surface area contributed by atoms with Crippen molar-refractivity contribution in [1.29, 1.82) is 0 Å². The molecule has 3 nitrogen and oxygen atoms in total. The molecule has 1 amide bonds. The lowest BCUT2D eigenvalue weighted by atomic mass is 9.94. The zero-order valence-corrected chi connectivity index (χ0v) is 12.7. The van der Waals surface area contributed by atoms with Crippen LogP contribution in [0, 0.1) is 0 Å². The van der Waals surface area contributed by atoms with Gasteiger partial charge in [0, 0.05) is 11.1 Å². The second-order valence-corrected chi connectivity index (χ2v) is 5.17. The highest BCUT2D eigenvalue weighted by atomic mass is 19.4. The molecule has 26 heavy (non-hydrogen) atoms. The Morgan fingerprint density at radius 1 is 0.731 bits per heavy atom. The van der Waals surface area contributed by atoms with Gasteiger partial charge in [-0.05, 0) is 36.4 Å². The molecule has 0 aliphatic rings. The predicted octanol–water partition coefficient (Wildman–Crippen LogP) is 4.87. The van der Waals surface area contributed by atoms with Gasteiger partial charge < -0.3 is 10.5 Å². The zero-order valence-electron chi connectivity index (χ0n) is 12.7. The maximum absolute atomic E-state index is 13.9. The van der Waals surface area contributed by atoms with Crippen LogP contribution in [0.3, 0.4) is 0 Å². The lowest BCUT2D eigenvalue weighted by Crippen LogP contribution is -2.50. The van der Waals surface area contributed by atoms with E-state index >= 15 is 0 Å². The second-order valence-electron chi connectivity index (χ2n) is 5.17. The van der Waals surface area contributed by atoms with Crippen molar-refractivity contribution < 1.29 is 40.3 Å². The number of alkyl halides is 7. The summed E-state index contributed by atoms with van der Waals surface area (Å²) in [6, 6.07) is 7.48. The number of hydrogen-bond donors (Lipinski definition) is 1. The first kappa shape index (κ1) is 19.5. The largest absolute Gasteiger partial charge is 0.457 e. The van der Waals surface area contributed by atoms with Gasteiger partial charge in [0.1, 0.15) is 11.5 Å². The Kier molecular flexibility index (Phi) is 4.89. The van der Waals surface area contributed by atoms with E-state index in [1.165, 1.54) is 24.3 Å². The SMILES string of the molecule is NC(=O)c1ccc(Oc2ccc(C(F)(C(F)(F)F)C(F)(F)F)cc2)cc1. The quantitative estimate of drug-likeness (QED) is 0.769. The minimum atomic E-state index is -6.18. The number of benzene rings is 2. The van der Waals surface area contributed by atoms with E-state index in [1.54, 1.807) is 0 Å². The van der Waals surface area contributed by atoms with E-state index in [-0.39, 0.29) is 17.1 Å². The van der Waals surface area contributed by atoms with Gasteiger partial charge in [0.05, 0.1) is 0 Å². The van der Waals surface area contributed by atoms with Crippen molar-refractivity contribution >= 4 is 5.91 Å². The first-order valence-corrected chi connectivity index (χ1v) is 6.87. The van der Waals surface area contributed by atoms with Gasteiger partial charge in [-0.2, -0.15) is 26.3 Å². The van der Waals surface area contributed by atoms with Crippen LogP contribution in [-0.2, 0) is 5.67 Å². The number of amides is 1. The monoisotopic (exact) mass is 381 g/mol. The fraction of sp³-hybridized carbons (Fsp3) is 0.188. The first-order chi connectivity index (χ1) is 11.9. The van der Waals surface area contributed by atoms with Crippen LogP contribution >= 0.6 is 0 Å². The molecule has 0 aliphatic carbocycles. The summed E-state index contributed by atoms with van der Waals surface area (Å²) in [5, 5.41) is 0. The van der Waals surface area contributed by atoms with Crippen LogP contribution in [0.1, 0.15) is 15.9 Å². The van der Waals surface area contributed by atoms with Gasteiger partial charge in [-0.25, -0.2) is 4.39 Å². The van der Waals surface area contributed by atoms with Gasteiger partial charge >= 0.3 is 18.0 Å². The Balaban J connectivity index is 2.28. The third-order valence-corrected chi connectivity index (χ3v) is 3.41. The van der Waals surface area contributed by atoms with Crippen LogP contribution in [-0.4, -0.2) is 18.3 Å². The number of primary amides is 1. The Labute approximate surface area is 142 Å². The Bertz CT molecular complexity index is 766. The van der Waals surface area contributed by atoms with Crippen molar-refractivity contribution in [3.05, 3.63) is 59.7 Å². The summed E-state index contributed by atoms with van der Waals surface area (Å²) in [7, 11) is 0. The van der Waals surface area contributed by atoms with E-state index < -0.39 is 29.5 Å². The molecule has 0 saturated heterocycles. The van der Waals surface area contributed by atoms with Gasteiger partial charge in [0.15, 0.2) is 0 Å². The average molecular weight is 381 g/mol. The standard InChI is InChI=1S/C16H10F7NO2/c17-14(15(18,19)20,16(21,22)23)10-3-7-12(8-4-10)26-11-5-1-9(2-6-11)13(24)25/h1-8H,(H2,24,25). The normalized spacial score (nSPS) is 12.7. The summed E-state index contributed by atoms with van der Waals surface area (Å²) in [6.45, 7) is 0. The Morgan fingerprint density at radius 2 is 1.12 bits per heavy atom. The van der Waals surface area contributed by atoms with Gasteiger partial charge in [0.25, 0.3) is 0 Å². The summed E-state index contributed by atoms with van der Waals surface area (Å²) >= 11 is 0. The first-order valence-electron chi connectivity index (χ1n) is 6.87. The number of rotatable bonds is 4. The molecule has 0 fully saturated rings. The van der Waals surface area contributed by atoms with E-state index in [2.05, 4.69) is 0 Å². The lowest BCUT2D eigenvalue weighted by molar-refractivity contribution is -0.348. The number of nitrogens with two attached hydrogens (primary N) is 1. The van der Waals surface area contributed by atoms with E-state index in [0.29, 0.717) is 12.1 Å². The van der Waals surface area contributed by atoms with Crippen LogP contribution in [0.4, 0.5) is 30.7 Å². The maximum Gasteiger partial charge on any atom is 0.435 e. The smallest absolute Gasteiger partial charge is 0.435 e. The predicted molar refractivity (Wildman–Crippen MR) is 76.4 cm³/mol. The van der Waals surface area contributed by atoms with E-state index in [9.17, 15) is 35.5 Å². The molecule has 2 aromatic carbocycles. The van der Waals surface area contributed by atoms with Crippen LogP contribution < -0.4 is 10.5 Å². The van der Waals surface area contributed by atoms with Crippen LogP contribution in [0.15, 0.2) is 48.5 Å². The summed E-state index contributed by atoms with van der Waals surface area (Å²) in [5.74, 6) is -0.687. The zero-order chi connectivity index (χ0) is 19.8. The fourth-order valence-corrected chi connectivity index (χ4v) is 2.06. The molecule has 10 heteroatoms. The van der Waals surface area contributed by atoms with Crippen molar-refractivity contribution in [1.82, 2.24) is 0 Å². The number of carbonyl (C=O) groups is 1. The second kappa shape index (κ2) is 6.50. The summed E-state index contributed by atoms with van der Waals surface area (Å²) < 4.78 is 95.1. The molecule has 0 radical (unpaired) electrons. The minimum Gasteiger partial charge on any atom is -0.457 e. The molecule has 140 valence electrons. The lowest BCUT2D eigenvalue weighted by Gasteiger charge is -2.30. The molecule has 0 saturated carbocycles. The van der Waals surface area contributed by atoms with E-state index in [0.717, 1.165) is 12.1 Å². The summed E-state index contributed by atoms with van der Waals surface area (Å²) in [5.41, 5.74) is -1.90. The van der Waals surface area contributed by atoms with Gasteiger partial charge in [-0.15, -0.1) is 0 Å². The molecule has 0 aliphatic heterocycles. The molecule has 0 bridgehead atoms. The third kappa shape index (κ3) is 3.58. The van der Waals surface area contributed by atoms with Crippen molar-refractivity contribution in [3.8, 4) is 11.5 Å². The molecule has 2 N–H and O–H groups in total. The number of ether oxygens (including phenoxy) is 1. The summed E-state index contributed by atoms with van der Waals surface area (Å²) in [6.07, 6.45) is -12.4. The fourth-order valence-electron chi connectivity index (χ4n) is 2.06. The molecule has 0 unspecified atom stereocenters. The van der Waals surface area contributed by atoms with Crippen molar-refractivity contribution in [2.75, 3.05) is 0 Å². The maximum atomic E-state index is 13.9. The number of carbonyl (C=O) groups excluding carboxylic acids is 1. The van der Waals surface area contributed by atoms with Crippen LogP contribution in [0.25, 0.3) is 0 Å². The van der Waals surface area contributed by atoms with Crippen molar-refractivity contribution in [2.45, 2.75) is 18.0 Å². The molecular weight excluding hydrogens is 371 g/mol. The highest BCUT2D eigenvalue weighted by Crippen LogP contribution is 2.53. The third-order valence-electron chi connectivity index (χ3n) is 3.41. The molecule has 0 heterocycles. The number of halogens is 7. The highest BCUT2D eigenvalue weighted by Gasteiger charge is 2.73. The molecule has 0 aromatic heterocycles. The van der Waals surface area contributed by atoms with E-state index in [1.807, 2.05) is 0 Å². The Morgan fingerprint density at radius 3 is 1.46 bits per heavy atom. The molecule has 2 aromatic rings. The highest BCUT2D eigenvalue weighted by molar-refractivity contribution is 5.92. The summed E-state index contributed by atoms with van der Waals surface area (Å²) in [4.78, 5) is 10.9. The van der Waals surface area contributed by atoms with Crippen molar-refractivity contribution in [3.63, 3.8) is 0 Å². The van der Waals surface area contributed by atoms with Crippen LogP contribution in [0.5, 0.6) is 11.5 Å². The van der Waals surface area contributed by atoms with Gasteiger partial charge in [-0.3, -0.25) is 4.79 Å². The number of hydrogen-bond acceptors (Lipinski definition) is 2. The molecule has 2 rings (SSSR count). The van der Waals surface area contributed by atoms with Crippen LogP contribution in [0.2, 0.25) is 0 Å². The topological polar surface area (TPSA) is 52.3 Å². The average Bonchev–Trinajstić information content (AvgIpc) is 2.53. The van der Waals surface area contributed by atoms with Crippen molar-refractivity contribution in [2.24, 2.45) is 5.73 Å².